The molecule has 0 radical (unpaired) electrons. The molecule has 0 saturated heterocycles. The third-order valence-corrected chi connectivity index (χ3v) is 5.87. The van der Waals surface area contributed by atoms with Gasteiger partial charge in [-0.2, -0.15) is 0 Å². The molecule has 4 heterocycles. The van der Waals surface area contributed by atoms with Crippen molar-refractivity contribution in [3.63, 3.8) is 0 Å². The minimum Gasteiger partial charge on any atom is -0.460 e. The van der Waals surface area contributed by atoms with Crippen LogP contribution in [-0.4, -0.2) is 47.2 Å². The zero-order valence-corrected chi connectivity index (χ0v) is 16.2. The smallest absolute Gasteiger partial charge is 0.374 e. The molecule has 5 rings (SSSR count). The summed E-state index contributed by atoms with van der Waals surface area (Å²) in [4.78, 5) is 30.5. The molecule has 0 bridgehead atoms. The number of esters is 1. The Morgan fingerprint density at radius 2 is 2.07 bits per heavy atom. The van der Waals surface area contributed by atoms with Gasteiger partial charge in [-0.3, -0.25) is 4.99 Å². The highest BCUT2D eigenvalue weighted by molar-refractivity contribution is 7.21. The van der Waals surface area contributed by atoms with Crippen LogP contribution in [0, 0.1) is 0 Å². The fourth-order valence-electron chi connectivity index (χ4n) is 3.52. The second-order valence-corrected chi connectivity index (χ2v) is 7.56. The van der Waals surface area contributed by atoms with E-state index in [1.54, 1.807) is 18.3 Å². The topological polar surface area (TPSA) is 67.1 Å². The molecule has 3 aromatic rings. The Balaban J connectivity index is 1.68. The van der Waals surface area contributed by atoms with Gasteiger partial charge in [-0.15, -0.1) is 11.3 Å². The quantitative estimate of drug-likeness (QED) is 0.634. The lowest BCUT2D eigenvalue weighted by Gasteiger charge is -2.31. The zero-order chi connectivity index (χ0) is 19.1. The number of aliphatic imine (C=N–C) groups is 2. The van der Waals surface area contributed by atoms with Crippen molar-refractivity contribution in [2.75, 3.05) is 19.7 Å². The standard InChI is InChI=1S/C21H18N4O2S/c1-2-27-21(26)19-24-16-14-9-10-15(13-7-4-3-5-8-13)23-20(14)28-17(16)18-22-11-6-12-25(18)19/h3-5,7-10H,2,6,11-12H2,1H3. The Bertz CT molecular complexity index is 1130. The Hall–Kier alpha value is -3.06. The maximum Gasteiger partial charge on any atom is 0.374 e. The number of hydrogen-bond acceptors (Lipinski definition) is 7. The average Bonchev–Trinajstić information content (AvgIpc) is 3.12. The highest BCUT2D eigenvalue weighted by Gasteiger charge is 2.35. The van der Waals surface area contributed by atoms with Crippen LogP contribution >= 0.6 is 11.3 Å². The van der Waals surface area contributed by atoms with Gasteiger partial charge in [0.05, 0.1) is 22.9 Å². The molecule has 0 saturated carbocycles. The Morgan fingerprint density at radius 3 is 2.89 bits per heavy atom. The summed E-state index contributed by atoms with van der Waals surface area (Å²) in [5.41, 5.74) is 2.76. The van der Waals surface area contributed by atoms with Crippen LogP contribution in [-0.2, 0) is 9.53 Å². The lowest BCUT2D eigenvalue weighted by molar-refractivity contribution is -0.135. The largest absolute Gasteiger partial charge is 0.460 e. The highest BCUT2D eigenvalue weighted by atomic mass is 32.1. The van der Waals surface area contributed by atoms with Gasteiger partial charge >= 0.3 is 5.97 Å². The van der Waals surface area contributed by atoms with Gasteiger partial charge in [-0.1, -0.05) is 30.3 Å². The van der Waals surface area contributed by atoms with E-state index in [2.05, 4.69) is 0 Å². The molecule has 2 aromatic heterocycles. The summed E-state index contributed by atoms with van der Waals surface area (Å²) in [7, 11) is 0. The number of fused-ring (bicyclic) bond motifs is 5. The monoisotopic (exact) mass is 390 g/mol. The van der Waals surface area contributed by atoms with Crippen LogP contribution in [0.15, 0.2) is 52.4 Å². The maximum absolute atomic E-state index is 12.5. The number of thiophene rings is 1. The van der Waals surface area contributed by atoms with Crippen molar-refractivity contribution in [1.29, 1.82) is 0 Å². The molecule has 7 heteroatoms. The van der Waals surface area contributed by atoms with Crippen molar-refractivity contribution >= 4 is 44.9 Å². The number of ether oxygens (including phenoxy) is 1. The van der Waals surface area contributed by atoms with Gasteiger partial charge in [0.25, 0.3) is 0 Å². The minimum absolute atomic E-state index is 0.317. The Kier molecular flexibility index (Phi) is 4.16. The fourth-order valence-corrected chi connectivity index (χ4v) is 4.65. The molecule has 0 N–H and O–H groups in total. The van der Waals surface area contributed by atoms with Gasteiger partial charge in [0.2, 0.25) is 5.84 Å². The molecular weight excluding hydrogens is 372 g/mol. The fraction of sp³-hybridized carbons (Fsp3) is 0.238. The lowest BCUT2D eigenvalue weighted by Crippen LogP contribution is -2.46. The third kappa shape index (κ3) is 2.70. The molecular formula is C21H18N4O2S. The molecule has 0 spiro atoms. The van der Waals surface area contributed by atoms with Crippen molar-refractivity contribution in [2.24, 2.45) is 9.98 Å². The Labute approximate surface area is 166 Å². The van der Waals surface area contributed by atoms with E-state index < -0.39 is 5.97 Å². The zero-order valence-electron chi connectivity index (χ0n) is 15.4. The van der Waals surface area contributed by atoms with Gasteiger partial charge in [0, 0.05) is 24.0 Å². The Morgan fingerprint density at radius 1 is 1.21 bits per heavy atom. The predicted molar refractivity (Wildman–Crippen MR) is 112 cm³/mol. The van der Waals surface area contributed by atoms with Crippen molar-refractivity contribution < 1.29 is 9.53 Å². The number of aromatic nitrogens is 1. The number of carbonyl (C=O) groups is 1. The molecule has 28 heavy (non-hydrogen) atoms. The first-order valence-electron chi connectivity index (χ1n) is 9.33. The van der Waals surface area contributed by atoms with E-state index in [9.17, 15) is 4.79 Å². The highest BCUT2D eigenvalue weighted by Crippen LogP contribution is 2.42. The molecule has 2 aliphatic heterocycles. The number of carbonyl (C=O) groups excluding carboxylic acids is 1. The number of rotatable bonds is 3. The van der Waals surface area contributed by atoms with Crippen molar-refractivity contribution in [3.8, 4) is 11.3 Å². The number of pyridine rings is 1. The van der Waals surface area contributed by atoms with Crippen LogP contribution in [0.25, 0.3) is 21.5 Å². The van der Waals surface area contributed by atoms with Gasteiger partial charge in [-0.25, -0.2) is 14.8 Å². The van der Waals surface area contributed by atoms with E-state index in [4.69, 9.17) is 19.7 Å². The second-order valence-electron chi connectivity index (χ2n) is 6.56. The molecule has 0 unspecified atom stereocenters. The number of benzene rings is 1. The van der Waals surface area contributed by atoms with Crippen molar-refractivity contribution in [1.82, 2.24) is 9.88 Å². The van der Waals surface area contributed by atoms with Crippen LogP contribution in [0.3, 0.4) is 0 Å². The first-order chi connectivity index (χ1) is 13.8. The molecule has 0 amide bonds. The molecule has 140 valence electrons. The predicted octanol–water partition coefficient (Wildman–Crippen LogP) is 4.02. The van der Waals surface area contributed by atoms with E-state index in [-0.39, 0.29) is 0 Å². The summed E-state index contributed by atoms with van der Waals surface area (Å²) in [5.74, 6) is 0.721. The molecule has 0 atom stereocenters. The first kappa shape index (κ1) is 17.1. The van der Waals surface area contributed by atoms with Crippen LogP contribution in [0.4, 0.5) is 5.69 Å². The van der Waals surface area contributed by atoms with E-state index in [1.807, 2.05) is 47.4 Å². The number of hydrogen-bond donors (Lipinski definition) is 0. The van der Waals surface area contributed by atoms with Crippen molar-refractivity contribution in [3.05, 3.63) is 47.3 Å². The first-order valence-corrected chi connectivity index (χ1v) is 10.1. The molecule has 0 fully saturated rings. The summed E-state index contributed by atoms with van der Waals surface area (Å²) in [6.07, 6.45) is 0.887. The number of amidine groups is 2. The summed E-state index contributed by atoms with van der Waals surface area (Å²) in [6.45, 7) is 3.58. The van der Waals surface area contributed by atoms with Crippen LogP contribution in [0.5, 0.6) is 0 Å². The normalized spacial score (nSPS) is 15.5. The van der Waals surface area contributed by atoms with E-state index >= 15 is 0 Å². The van der Waals surface area contributed by atoms with Crippen LogP contribution in [0.1, 0.15) is 18.2 Å². The average molecular weight is 390 g/mol. The van der Waals surface area contributed by atoms with Gasteiger partial charge < -0.3 is 9.64 Å². The number of nitrogens with zero attached hydrogens (tertiary/aromatic N) is 4. The van der Waals surface area contributed by atoms with Crippen molar-refractivity contribution in [2.45, 2.75) is 13.3 Å². The summed E-state index contributed by atoms with van der Waals surface area (Å²) in [5, 5.41) is 0.939. The summed E-state index contributed by atoms with van der Waals surface area (Å²) in [6, 6.07) is 14.1. The molecule has 0 aliphatic carbocycles. The lowest BCUT2D eigenvalue weighted by atomic mass is 10.1. The second kappa shape index (κ2) is 6.83. The SMILES string of the molecule is CCOC(=O)C1=Nc2c(sc3nc(-c4ccccc4)ccc23)C2=NCCCN12. The molecule has 2 aliphatic rings. The van der Waals surface area contributed by atoms with Crippen LogP contribution < -0.4 is 0 Å². The van der Waals surface area contributed by atoms with E-state index in [1.165, 1.54) is 0 Å². The summed E-state index contributed by atoms with van der Waals surface area (Å²) < 4.78 is 5.23. The van der Waals surface area contributed by atoms with Crippen LogP contribution in [0.2, 0.25) is 0 Å². The summed E-state index contributed by atoms with van der Waals surface area (Å²) >= 11 is 1.58. The third-order valence-electron chi connectivity index (χ3n) is 4.79. The van der Waals surface area contributed by atoms with E-state index in [0.717, 1.165) is 50.8 Å². The van der Waals surface area contributed by atoms with Gasteiger partial charge in [0.1, 0.15) is 10.7 Å². The van der Waals surface area contributed by atoms with Gasteiger partial charge in [0.15, 0.2) is 0 Å². The maximum atomic E-state index is 12.5. The van der Waals surface area contributed by atoms with Gasteiger partial charge in [-0.05, 0) is 25.5 Å². The van der Waals surface area contributed by atoms with E-state index in [0.29, 0.717) is 19.0 Å². The molecule has 6 nitrogen and oxygen atoms in total. The minimum atomic E-state index is -0.407. The molecule has 1 aromatic carbocycles.